The molecule has 3 heterocycles. The SMILES string of the molecule is CC(C)(C)OC(=O)NC1CC2(CCN(C(=O)c3cc(-c4ccccn4)no3)C2)C1. The smallest absolute Gasteiger partial charge is 0.407 e. The number of amides is 2. The van der Waals surface area contributed by atoms with E-state index in [-0.39, 0.29) is 29.2 Å². The minimum absolute atomic E-state index is 0.0686. The van der Waals surface area contributed by atoms with E-state index in [1.165, 1.54) is 0 Å². The lowest BCUT2D eigenvalue weighted by Gasteiger charge is -2.45. The van der Waals surface area contributed by atoms with Crippen LogP contribution >= 0.6 is 0 Å². The standard InChI is InChI=1S/C21H26N4O4/c1-20(2,3)28-19(27)23-14-11-21(12-14)7-9-25(13-21)18(26)17-10-16(24-29-17)15-6-4-5-8-22-15/h4-6,8,10,14H,7,9,11-13H2,1-3H3,(H,23,27). The van der Waals surface area contributed by atoms with Crippen LogP contribution in [-0.2, 0) is 4.74 Å². The Morgan fingerprint density at radius 2 is 2.07 bits per heavy atom. The molecule has 1 N–H and O–H groups in total. The molecule has 0 aromatic carbocycles. The quantitative estimate of drug-likeness (QED) is 0.852. The molecule has 8 nitrogen and oxygen atoms in total. The number of pyridine rings is 1. The van der Waals surface area contributed by atoms with Crippen LogP contribution < -0.4 is 5.32 Å². The van der Waals surface area contributed by atoms with Gasteiger partial charge in [-0.05, 0) is 57.6 Å². The summed E-state index contributed by atoms with van der Waals surface area (Å²) in [6.45, 7) is 6.88. The first-order valence-electron chi connectivity index (χ1n) is 9.90. The third-order valence-electron chi connectivity index (χ3n) is 5.45. The van der Waals surface area contributed by atoms with Crippen LogP contribution in [0.4, 0.5) is 4.79 Å². The Kier molecular flexibility index (Phi) is 4.80. The van der Waals surface area contributed by atoms with Crippen molar-refractivity contribution in [3.8, 4) is 11.4 Å². The topological polar surface area (TPSA) is 97.6 Å². The number of nitrogens with zero attached hydrogens (tertiary/aromatic N) is 3. The first kappa shape index (κ1) is 19.4. The average molecular weight is 398 g/mol. The van der Waals surface area contributed by atoms with E-state index >= 15 is 0 Å². The van der Waals surface area contributed by atoms with Crippen LogP contribution in [0.25, 0.3) is 11.4 Å². The third-order valence-corrected chi connectivity index (χ3v) is 5.45. The molecular weight excluding hydrogens is 372 g/mol. The molecule has 1 spiro atoms. The van der Waals surface area contributed by atoms with Gasteiger partial charge in [0.15, 0.2) is 0 Å². The predicted octanol–water partition coefficient (Wildman–Crippen LogP) is 3.26. The van der Waals surface area contributed by atoms with E-state index in [1.54, 1.807) is 12.3 Å². The molecule has 0 unspecified atom stereocenters. The molecular formula is C21H26N4O4. The monoisotopic (exact) mass is 398 g/mol. The summed E-state index contributed by atoms with van der Waals surface area (Å²) >= 11 is 0. The summed E-state index contributed by atoms with van der Waals surface area (Å²) in [7, 11) is 0. The number of hydrogen-bond acceptors (Lipinski definition) is 6. The largest absolute Gasteiger partial charge is 0.444 e. The van der Waals surface area contributed by atoms with Crippen molar-refractivity contribution in [2.45, 2.75) is 51.7 Å². The van der Waals surface area contributed by atoms with Gasteiger partial charge in [-0.3, -0.25) is 9.78 Å². The normalized spacial score (nSPS) is 23.7. The van der Waals surface area contributed by atoms with Crippen LogP contribution in [0, 0.1) is 5.41 Å². The lowest BCUT2D eigenvalue weighted by atomic mass is 9.65. The molecule has 0 atom stereocenters. The summed E-state index contributed by atoms with van der Waals surface area (Å²) in [6.07, 6.45) is 3.92. The Balaban J connectivity index is 1.31. The zero-order chi connectivity index (χ0) is 20.6. The van der Waals surface area contributed by atoms with E-state index < -0.39 is 5.60 Å². The van der Waals surface area contributed by atoms with Crippen molar-refractivity contribution in [2.24, 2.45) is 5.41 Å². The third kappa shape index (κ3) is 4.26. The van der Waals surface area contributed by atoms with Crippen LogP contribution in [0.15, 0.2) is 35.0 Å². The summed E-state index contributed by atoms with van der Waals surface area (Å²) in [4.78, 5) is 30.8. The minimum Gasteiger partial charge on any atom is -0.444 e. The Bertz CT molecular complexity index is 897. The first-order chi connectivity index (χ1) is 13.7. The maximum absolute atomic E-state index is 12.8. The molecule has 29 heavy (non-hydrogen) atoms. The van der Waals surface area contributed by atoms with Gasteiger partial charge in [0.25, 0.3) is 5.91 Å². The number of carbonyl (C=O) groups excluding carboxylic acids is 2. The summed E-state index contributed by atoms with van der Waals surface area (Å²) in [5, 5.41) is 6.90. The van der Waals surface area contributed by atoms with Crippen molar-refractivity contribution in [3.63, 3.8) is 0 Å². The maximum Gasteiger partial charge on any atom is 0.407 e. The lowest BCUT2D eigenvalue weighted by molar-refractivity contribution is 0.0330. The van der Waals surface area contributed by atoms with Crippen molar-refractivity contribution < 1.29 is 18.8 Å². The Labute approximate surface area is 169 Å². The van der Waals surface area contributed by atoms with E-state index in [0.29, 0.717) is 24.5 Å². The van der Waals surface area contributed by atoms with Crippen molar-refractivity contribution >= 4 is 12.0 Å². The average Bonchev–Trinajstić information content (AvgIpc) is 3.28. The predicted molar refractivity (Wildman–Crippen MR) is 105 cm³/mol. The zero-order valence-corrected chi connectivity index (χ0v) is 17.0. The Hall–Kier alpha value is -2.90. The molecule has 2 aliphatic rings. The molecule has 154 valence electrons. The molecule has 1 saturated carbocycles. The van der Waals surface area contributed by atoms with E-state index in [9.17, 15) is 9.59 Å². The number of alkyl carbamates (subject to hydrolysis) is 1. The second-order valence-electron chi connectivity index (χ2n) is 9.02. The number of aromatic nitrogens is 2. The number of carbonyl (C=O) groups is 2. The number of hydrogen-bond donors (Lipinski definition) is 1. The second kappa shape index (κ2) is 7.17. The van der Waals surface area contributed by atoms with Crippen molar-refractivity contribution in [3.05, 3.63) is 36.2 Å². The molecule has 8 heteroatoms. The summed E-state index contributed by atoms with van der Waals surface area (Å²) in [5.74, 6) is 0.0746. The van der Waals surface area contributed by atoms with Crippen molar-refractivity contribution in [2.75, 3.05) is 13.1 Å². The van der Waals surface area contributed by atoms with Gasteiger partial charge in [-0.25, -0.2) is 4.79 Å². The summed E-state index contributed by atoms with van der Waals surface area (Å²) < 4.78 is 10.6. The molecule has 2 fully saturated rings. The molecule has 2 amide bonds. The molecule has 1 aliphatic heterocycles. The molecule has 0 bridgehead atoms. The summed E-state index contributed by atoms with van der Waals surface area (Å²) in [5.41, 5.74) is 0.781. The van der Waals surface area contributed by atoms with Gasteiger partial charge in [0.05, 0.1) is 5.69 Å². The first-order valence-corrected chi connectivity index (χ1v) is 9.90. The van der Waals surface area contributed by atoms with Crippen molar-refractivity contribution in [1.29, 1.82) is 0 Å². The number of likely N-dealkylation sites (tertiary alicyclic amines) is 1. The number of rotatable bonds is 3. The fraction of sp³-hybridized carbons (Fsp3) is 0.524. The fourth-order valence-electron chi connectivity index (χ4n) is 4.17. The molecule has 1 saturated heterocycles. The van der Waals surface area contributed by atoms with Crippen LogP contribution in [0.5, 0.6) is 0 Å². The Morgan fingerprint density at radius 1 is 1.28 bits per heavy atom. The minimum atomic E-state index is -0.507. The van der Waals surface area contributed by atoms with E-state index in [4.69, 9.17) is 9.26 Å². The van der Waals surface area contributed by atoms with Crippen LogP contribution in [-0.4, -0.2) is 51.8 Å². The molecule has 0 radical (unpaired) electrons. The van der Waals surface area contributed by atoms with E-state index in [1.807, 2.05) is 43.9 Å². The fourth-order valence-corrected chi connectivity index (χ4v) is 4.17. The van der Waals surface area contributed by atoms with Gasteiger partial charge >= 0.3 is 6.09 Å². The lowest BCUT2D eigenvalue weighted by Crippen LogP contribution is -2.52. The van der Waals surface area contributed by atoms with Crippen molar-refractivity contribution in [1.82, 2.24) is 20.4 Å². The van der Waals surface area contributed by atoms with Gasteiger partial charge in [-0.15, -0.1) is 0 Å². The highest BCUT2D eigenvalue weighted by atomic mass is 16.6. The number of ether oxygens (including phenoxy) is 1. The molecule has 2 aromatic heterocycles. The van der Waals surface area contributed by atoms with E-state index in [2.05, 4.69) is 15.5 Å². The van der Waals surface area contributed by atoms with Crippen LogP contribution in [0.2, 0.25) is 0 Å². The number of nitrogens with one attached hydrogen (secondary N) is 1. The van der Waals surface area contributed by atoms with Gasteiger partial charge in [-0.2, -0.15) is 0 Å². The Morgan fingerprint density at radius 3 is 2.76 bits per heavy atom. The molecule has 1 aliphatic carbocycles. The molecule has 2 aromatic rings. The van der Waals surface area contributed by atoms with Gasteiger partial charge < -0.3 is 19.5 Å². The molecule has 4 rings (SSSR count). The van der Waals surface area contributed by atoms with Gasteiger partial charge in [0, 0.05) is 31.4 Å². The van der Waals surface area contributed by atoms with Crippen LogP contribution in [0.3, 0.4) is 0 Å². The van der Waals surface area contributed by atoms with Crippen LogP contribution in [0.1, 0.15) is 50.6 Å². The highest BCUT2D eigenvalue weighted by molar-refractivity contribution is 5.92. The van der Waals surface area contributed by atoms with Gasteiger partial charge in [0.1, 0.15) is 11.3 Å². The highest BCUT2D eigenvalue weighted by Gasteiger charge is 2.50. The van der Waals surface area contributed by atoms with Gasteiger partial charge in [0.2, 0.25) is 5.76 Å². The zero-order valence-electron chi connectivity index (χ0n) is 17.0. The maximum atomic E-state index is 12.8. The van der Waals surface area contributed by atoms with Gasteiger partial charge in [-0.1, -0.05) is 11.2 Å². The second-order valence-corrected chi connectivity index (χ2v) is 9.02. The van der Waals surface area contributed by atoms with E-state index in [0.717, 1.165) is 19.3 Å². The summed E-state index contributed by atoms with van der Waals surface area (Å²) in [6, 6.07) is 7.25. The highest BCUT2D eigenvalue weighted by Crippen LogP contribution is 2.48.